The standard InChI is InChI=1S/C15H25N3/c1-12-4-2-5-13(8-7-12)18-11-16-10-15(18)14-6-3-9-17-14/h10-14,17H,2-9H2,1H3. The van der Waals surface area contributed by atoms with Gasteiger partial charge in [0, 0.05) is 18.3 Å². The van der Waals surface area contributed by atoms with Crippen LogP contribution < -0.4 is 5.32 Å². The zero-order valence-corrected chi connectivity index (χ0v) is 11.4. The highest BCUT2D eigenvalue weighted by molar-refractivity contribution is 5.08. The minimum atomic E-state index is 0.549. The topological polar surface area (TPSA) is 29.9 Å². The second kappa shape index (κ2) is 5.43. The van der Waals surface area contributed by atoms with Gasteiger partial charge < -0.3 is 9.88 Å². The van der Waals surface area contributed by atoms with Crippen molar-refractivity contribution in [3.05, 3.63) is 18.2 Å². The number of hydrogen-bond donors (Lipinski definition) is 1. The van der Waals surface area contributed by atoms with Crippen LogP contribution in [0.2, 0.25) is 0 Å². The monoisotopic (exact) mass is 247 g/mol. The first-order valence-electron chi connectivity index (χ1n) is 7.59. The van der Waals surface area contributed by atoms with Gasteiger partial charge in [0.1, 0.15) is 0 Å². The second-order valence-electron chi connectivity index (χ2n) is 6.14. The van der Waals surface area contributed by atoms with Gasteiger partial charge in [-0.2, -0.15) is 0 Å². The average Bonchev–Trinajstić information content (AvgIpc) is 2.99. The van der Waals surface area contributed by atoms with Gasteiger partial charge in [-0.1, -0.05) is 19.8 Å². The van der Waals surface area contributed by atoms with Crippen molar-refractivity contribution in [1.29, 1.82) is 0 Å². The molecule has 0 spiro atoms. The highest BCUT2D eigenvalue weighted by Gasteiger charge is 2.24. The van der Waals surface area contributed by atoms with Crippen molar-refractivity contribution in [3.63, 3.8) is 0 Å². The second-order valence-corrected chi connectivity index (χ2v) is 6.14. The molecule has 2 aliphatic rings. The lowest BCUT2D eigenvalue weighted by Gasteiger charge is -2.22. The van der Waals surface area contributed by atoms with Crippen LogP contribution in [0.1, 0.15) is 69.6 Å². The Bertz CT molecular complexity index is 379. The fourth-order valence-corrected chi connectivity index (χ4v) is 3.57. The van der Waals surface area contributed by atoms with Crippen molar-refractivity contribution < 1.29 is 0 Å². The summed E-state index contributed by atoms with van der Waals surface area (Å²) in [6.07, 6.45) is 13.5. The lowest BCUT2D eigenvalue weighted by Crippen LogP contribution is -2.19. The molecule has 18 heavy (non-hydrogen) atoms. The third kappa shape index (κ3) is 2.46. The number of nitrogens with zero attached hydrogens (tertiary/aromatic N) is 2. The van der Waals surface area contributed by atoms with E-state index in [1.165, 1.54) is 50.6 Å². The predicted molar refractivity (Wildman–Crippen MR) is 73.5 cm³/mol. The highest BCUT2D eigenvalue weighted by Crippen LogP contribution is 2.33. The molecule has 2 heterocycles. The molecule has 1 aliphatic carbocycles. The fraction of sp³-hybridized carbons (Fsp3) is 0.800. The third-order valence-electron chi connectivity index (χ3n) is 4.73. The van der Waals surface area contributed by atoms with Crippen molar-refractivity contribution in [2.45, 2.75) is 64.0 Å². The van der Waals surface area contributed by atoms with E-state index in [2.05, 4.69) is 34.3 Å². The molecule has 3 nitrogen and oxygen atoms in total. The summed E-state index contributed by atoms with van der Waals surface area (Å²) < 4.78 is 2.47. The Morgan fingerprint density at radius 1 is 1.17 bits per heavy atom. The van der Waals surface area contributed by atoms with Crippen LogP contribution in [0.5, 0.6) is 0 Å². The SMILES string of the molecule is CC1CCCC(n2cncc2C2CCCN2)CC1. The van der Waals surface area contributed by atoms with Crippen LogP contribution in [0.4, 0.5) is 0 Å². The van der Waals surface area contributed by atoms with Crippen molar-refractivity contribution >= 4 is 0 Å². The predicted octanol–water partition coefficient (Wildman–Crippen LogP) is 3.45. The molecule has 3 atom stereocenters. The molecule has 0 bridgehead atoms. The van der Waals surface area contributed by atoms with Gasteiger partial charge in [0.05, 0.1) is 12.0 Å². The Kier molecular flexibility index (Phi) is 3.69. The van der Waals surface area contributed by atoms with Gasteiger partial charge in [0.15, 0.2) is 0 Å². The molecule has 1 aromatic heterocycles. The molecule has 1 saturated carbocycles. The molecule has 1 N–H and O–H groups in total. The summed E-state index contributed by atoms with van der Waals surface area (Å²) in [6, 6.07) is 1.24. The summed E-state index contributed by atoms with van der Waals surface area (Å²) in [5.41, 5.74) is 1.42. The number of aromatic nitrogens is 2. The van der Waals surface area contributed by atoms with Crippen LogP contribution in [-0.4, -0.2) is 16.1 Å². The van der Waals surface area contributed by atoms with Crippen LogP contribution in [-0.2, 0) is 0 Å². The normalized spacial score (nSPS) is 33.5. The summed E-state index contributed by atoms with van der Waals surface area (Å²) in [5, 5.41) is 3.60. The number of hydrogen-bond acceptors (Lipinski definition) is 2. The van der Waals surface area contributed by atoms with E-state index in [4.69, 9.17) is 0 Å². The number of imidazole rings is 1. The third-order valence-corrected chi connectivity index (χ3v) is 4.73. The average molecular weight is 247 g/mol. The zero-order chi connectivity index (χ0) is 12.4. The van der Waals surface area contributed by atoms with E-state index in [1.54, 1.807) is 0 Å². The summed E-state index contributed by atoms with van der Waals surface area (Å²) in [6.45, 7) is 3.56. The lowest BCUT2D eigenvalue weighted by atomic mass is 10.0. The van der Waals surface area contributed by atoms with Crippen LogP contribution in [0.3, 0.4) is 0 Å². The van der Waals surface area contributed by atoms with Crippen LogP contribution >= 0.6 is 0 Å². The minimum Gasteiger partial charge on any atom is -0.330 e. The summed E-state index contributed by atoms with van der Waals surface area (Å²) >= 11 is 0. The molecule has 3 rings (SSSR count). The highest BCUT2D eigenvalue weighted by atomic mass is 15.1. The molecule has 0 amide bonds. The Hall–Kier alpha value is -0.830. The van der Waals surface area contributed by atoms with Gasteiger partial charge in [0.25, 0.3) is 0 Å². The van der Waals surface area contributed by atoms with Gasteiger partial charge >= 0.3 is 0 Å². The Morgan fingerprint density at radius 2 is 2.11 bits per heavy atom. The minimum absolute atomic E-state index is 0.549. The molecule has 1 saturated heterocycles. The quantitative estimate of drug-likeness (QED) is 0.811. The van der Waals surface area contributed by atoms with E-state index in [-0.39, 0.29) is 0 Å². The maximum atomic E-state index is 4.41. The van der Waals surface area contributed by atoms with Crippen LogP contribution in [0.15, 0.2) is 12.5 Å². The van der Waals surface area contributed by atoms with Gasteiger partial charge in [-0.15, -0.1) is 0 Å². The fourth-order valence-electron chi connectivity index (χ4n) is 3.57. The van der Waals surface area contributed by atoms with E-state index in [0.717, 1.165) is 12.5 Å². The first-order chi connectivity index (χ1) is 8.84. The van der Waals surface area contributed by atoms with Crippen molar-refractivity contribution in [1.82, 2.24) is 14.9 Å². The van der Waals surface area contributed by atoms with E-state index in [0.29, 0.717) is 12.1 Å². The van der Waals surface area contributed by atoms with Crippen LogP contribution in [0, 0.1) is 5.92 Å². The molecule has 3 heteroatoms. The van der Waals surface area contributed by atoms with Crippen molar-refractivity contribution in [2.24, 2.45) is 5.92 Å². The van der Waals surface area contributed by atoms with E-state index in [1.807, 2.05) is 0 Å². The molecule has 2 fully saturated rings. The molecular weight excluding hydrogens is 222 g/mol. The largest absolute Gasteiger partial charge is 0.330 e. The maximum absolute atomic E-state index is 4.41. The lowest BCUT2D eigenvalue weighted by molar-refractivity contribution is 0.409. The molecule has 0 radical (unpaired) electrons. The van der Waals surface area contributed by atoms with Gasteiger partial charge in [-0.25, -0.2) is 4.98 Å². The Balaban J connectivity index is 1.76. The maximum Gasteiger partial charge on any atom is 0.0951 e. The summed E-state index contributed by atoms with van der Waals surface area (Å²) in [7, 11) is 0. The van der Waals surface area contributed by atoms with Crippen molar-refractivity contribution in [3.8, 4) is 0 Å². The molecule has 1 aromatic rings. The molecule has 0 aromatic carbocycles. The first-order valence-corrected chi connectivity index (χ1v) is 7.59. The van der Waals surface area contributed by atoms with Gasteiger partial charge in [-0.3, -0.25) is 0 Å². The zero-order valence-electron chi connectivity index (χ0n) is 11.4. The smallest absolute Gasteiger partial charge is 0.0951 e. The Morgan fingerprint density at radius 3 is 2.94 bits per heavy atom. The van der Waals surface area contributed by atoms with E-state index < -0.39 is 0 Å². The van der Waals surface area contributed by atoms with E-state index in [9.17, 15) is 0 Å². The molecule has 100 valence electrons. The number of nitrogens with one attached hydrogen (secondary N) is 1. The van der Waals surface area contributed by atoms with Gasteiger partial charge in [0.2, 0.25) is 0 Å². The first kappa shape index (κ1) is 12.2. The summed E-state index contributed by atoms with van der Waals surface area (Å²) in [5.74, 6) is 0.909. The molecular formula is C15H25N3. The van der Waals surface area contributed by atoms with E-state index >= 15 is 0 Å². The molecule has 1 aliphatic heterocycles. The number of rotatable bonds is 2. The van der Waals surface area contributed by atoms with Gasteiger partial charge in [-0.05, 0) is 44.6 Å². The summed E-state index contributed by atoms with van der Waals surface area (Å²) in [4.78, 5) is 4.41. The molecule has 3 unspecified atom stereocenters. The Labute approximate surface area is 110 Å². The van der Waals surface area contributed by atoms with Crippen molar-refractivity contribution in [2.75, 3.05) is 6.54 Å². The van der Waals surface area contributed by atoms with Crippen LogP contribution in [0.25, 0.3) is 0 Å².